The predicted octanol–water partition coefficient (Wildman–Crippen LogP) is 5.67. The Labute approximate surface area is 257 Å². The van der Waals surface area contributed by atoms with Gasteiger partial charge in [0.05, 0.1) is 31.2 Å². The average Bonchev–Trinajstić information content (AvgIpc) is 3.67. The van der Waals surface area contributed by atoms with Gasteiger partial charge in [-0.2, -0.15) is 0 Å². The van der Waals surface area contributed by atoms with Gasteiger partial charge in [0.15, 0.2) is 5.75 Å². The van der Waals surface area contributed by atoms with E-state index in [0.29, 0.717) is 35.6 Å². The molecular weight excluding hydrogens is 592 g/mol. The number of Topliss-reactive ketones (excluding diaryl/α,β-unsaturated/α-hetero) is 2. The van der Waals surface area contributed by atoms with Gasteiger partial charge in [-0.05, 0) is 6.92 Å². The number of furan rings is 1. The van der Waals surface area contributed by atoms with Crippen LogP contribution in [-0.4, -0.2) is 48.8 Å². The quantitative estimate of drug-likeness (QED) is 0.250. The maximum Gasteiger partial charge on any atom is 0.237 e. The molecule has 2 aromatic heterocycles. The highest BCUT2D eigenvalue weighted by molar-refractivity contribution is 7.09. The summed E-state index contributed by atoms with van der Waals surface area (Å²) in [5.41, 5.74) is 0.414. The molecule has 1 amide bonds. The van der Waals surface area contributed by atoms with Crippen molar-refractivity contribution in [3.8, 4) is 28.6 Å². The number of ketones is 2. The number of aromatic nitrogens is 1. The molecule has 43 heavy (non-hydrogen) atoms. The number of hydrogen-bond donors (Lipinski definition) is 1. The van der Waals surface area contributed by atoms with Crippen molar-refractivity contribution in [1.82, 2.24) is 10.3 Å². The maximum absolute atomic E-state index is 14.6. The van der Waals surface area contributed by atoms with Crippen LogP contribution in [0.2, 0.25) is 5.02 Å². The molecule has 0 unspecified atom stereocenters. The highest BCUT2D eigenvalue weighted by atomic mass is 35.5. The summed E-state index contributed by atoms with van der Waals surface area (Å²) >= 11 is 8.12. The third-order valence-electron chi connectivity index (χ3n) is 7.95. The molecule has 0 saturated heterocycles. The van der Waals surface area contributed by atoms with E-state index in [1.807, 2.05) is 42.6 Å². The highest BCUT2D eigenvalue weighted by Gasteiger charge is 2.63. The van der Waals surface area contributed by atoms with Crippen LogP contribution in [0.15, 0.2) is 46.2 Å². The summed E-state index contributed by atoms with van der Waals surface area (Å²) in [6.45, 7) is 4.08. The summed E-state index contributed by atoms with van der Waals surface area (Å²) < 4.78 is 23.5. The van der Waals surface area contributed by atoms with Crippen LogP contribution in [0.1, 0.15) is 49.7 Å². The first kappa shape index (κ1) is 28.9. The van der Waals surface area contributed by atoms with Gasteiger partial charge in [-0.3, -0.25) is 14.4 Å². The Kier molecular flexibility index (Phi) is 7.52. The van der Waals surface area contributed by atoms with Gasteiger partial charge in [0, 0.05) is 53.6 Å². The Balaban J connectivity index is 1.39. The van der Waals surface area contributed by atoms with Crippen molar-refractivity contribution < 1.29 is 33.0 Å². The van der Waals surface area contributed by atoms with Crippen LogP contribution in [-0.2, 0) is 24.1 Å². The SMILES string of the molecule is COc1cc(OC)c2c(c1Cl)O[C@@]1(C(=O)c3c(oc(-c4ccccc4)c3CC(=O)NCCc3nc(C)cs3)C[C@H]1C)C2=O. The number of fused-ring (bicyclic) bond motifs is 2. The lowest BCUT2D eigenvalue weighted by atomic mass is 9.70. The molecule has 1 N–H and O–H groups in total. The fourth-order valence-corrected chi connectivity index (χ4v) is 6.91. The van der Waals surface area contributed by atoms with Crippen molar-refractivity contribution in [2.75, 3.05) is 20.8 Å². The van der Waals surface area contributed by atoms with E-state index in [1.165, 1.54) is 20.3 Å². The maximum atomic E-state index is 14.6. The zero-order chi connectivity index (χ0) is 30.5. The number of rotatable bonds is 8. The Morgan fingerprint density at radius 2 is 1.86 bits per heavy atom. The molecule has 2 aliphatic rings. The van der Waals surface area contributed by atoms with Crippen LogP contribution in [0.25, 0.3) is 11.3 Å². The fourth-order valence-electron chi connectivity index (χ4n) is 5.87. The van der Waals surface area contributed by atoms with Crippen molar-refractivity contribution in [3.05, 3.63) is 80.0 Å². The van der Waals surface area contributed by atoms with Crippen molar-refractivity contribution in [3.63, 3.8) is 0 Å². The summed E-state index contributed by atoms with van der Waals surface area (Å²) in [5.74, 6) is -0.733. The second kappa shape index (κ2) is 11.2. The summed E-state index contributed by atoms with van der Waals surface area (Å²) in [4.78, 5) is 46.5. The lowest BCUT2D eigenvalue weighted by Crippen LogP contribution is -2.56. The zero-order valence-electron chi connectivity index (χ0n) is 24.0. The summed E-state index contributed by atoms with van der Waals surface area (Å²) in [7, 11) is 2.85. The summed E-state index contributed by atoms with van der Waals surface area (Å²) in [6.07, 6.45) is 0.684. The van der Waals surface area contributed by atoms with Gasteiger partial charge in [0.2, 0.25) is 23.1 Å². The number of benzene rings is 2. The van der Waals surface area contributed by atoms with Gasteiger partial charge in [0.25, 0.3) is 0 Å². The predicted molar refractivity (Wildman–Crippen MR) is 161 cm³/mol. The van der Waals surface area contributed by atoms with Crippen molar-refractivity contribution in [1.29, 1.82) is 0 Å². The molecule has 1 aliphatic carbocycles. The van der Waals surface area contributed by atoms with Gasteiger partial charge >= 0.3 is 0 Å². The summed E-state index contributed by atoms with van der Waals surface area (Å²) in [5, 5.41) is 5.90. The van der Waals surface area contributed by atoms with E-state index >= 15 is 0 Å². The first-order valence-electron chi connectivity index (χ1n) is 13.8. The minimum atomic E-state index is -1.91. The smallest absolute Gasteiger partial charge is 0.237 e. The number of halogens is 1. The Hall–Kier alpha value is -4.15. The van der Waals surface area contributed by atoms with E-state index in [1.54, 1.807) is 18.3 Å². The Morgan fingerprint density at radius 1 is 1.14 bits per heavy atom. The molecule has 9 nitrogen and oxygen atoms in total. The van der Waals surface area contributed by atoms with Crippen LogP contribution < -0.4 is 19.5 Å². The second-order valence-electron chi connectivity index (χ2n) is 10.6. The molecule has 2 aromatic carbocycles. The number of methoxy groups -OCH3 is 2. The molecule has 2 atom stereocenters. The van der Waals surface area contributed by atoms with E-state index in [4.69, 9.17) is 30.2 Å². The van der Waals surface area contributed by atoms with Crippen LogP contribution in [0.4, 0.5) is 0 Å². The largest absolute Gasteiger partial charge is 0.496 e. The Morgan fingerprint density at radius 3 is 2.53 bits per heavy atom. The molecule has 11 heteroatoms. The summed E-state index contributed by atoms with van der Waals surface area (Å²) in [6, 6.07) is 10.8. The zero-order valence-corrected chi connectivity index (χ0v) is 25.6. The monoisotopic (exact) mass is 620 g/mol. The minimum absolute atomic E-state index is 0.0370. The molecule has 1 aliphatic heterocycles. The van der Waals surface area contributed by atoms with E-state index in [-0.39, 0.29) is 52.1 Å². The fraction of sp³-hybridized carbons (Fsp3) is 0.312. The number of hydrogen-bond acceptors (Lipinski definition) is 9. The van der Waals surface area contributed by atoms with Crippen molar-refractivity contribution >= 4 is 40.4 Å². The molecule has 6 rings (SSSR count). The molecular formula is C32H29ClN2O7S. The normalized spacial score (nSPS) is 18.8. The lowest BCUT2D eigenvalue weighted by Gasteiger charge is -2.35. The lowest BCUT2D eigenvalue weighted by molar-refractivity contribution is -0.120. The molecule has 222 valence electrons. The van der Waals surface area contributed by atoms with Crippen LogP contribution >= 0.6 is 22.9 Å². The number of amides is 1. The third-order valence-corrected chi connectivity index (χ3v) is 9.33. The van der Waals surface area contributed by atoms with Crippen molar-refractivity contribution in [2.24, 2.45) is 5.92 Å². The van der Waals surface area contributed by atoms with Gasteiger partial charge in [-0.15, -0.1) is 11.3 Å². The van der Waals surface area contributed by atoms with E-state index in [9.17, 15) is 14.4 Å². The standard InChI is InChI=1S/C32H29ClN2O7S/c1-16-12-21-25(30(37)32(16)31(38)26-20(39-3)14-22(40-4)27(33)29(26)42-32)19(28(41-21)18-8-6-5-7-9-18)13-23(36)34-11-10-24-35-17(2)15-43-24/h5-9,14-16H,10-13H2,1-4H3,(H,34,36)/t16-,32+/m1/s1. The van der Waals surface area contributed by atoms with Crippen LogP contribution in [0.3, 0.4) is 0 Å². The topological polar surface area (TPSA) is 117 Å². The van der Waals surface area contributed by atoms with Crippen LogP contribution in [0, 0.1) is 12.8 Å². The molecule has 0 fully saturated rings. The highest BCUT2D eigenvalue weighted by Crippen LogP contribution is 2.54. The molecule has 4 aromatic rings. The van der Waals surface area contributed by atoms with E-state index in [2.05, 4.69) is 10.3 Å². The molecule has 0 radical (unpaired) electrons. The Bertz CT molecular complexity index is 1760. The van der Waals surface area contributed by atoms with Gasteiger partial charge in [0.1, 0.15) is 33.6 Å². The minimum Gasteiger partial charge on any atom is -0.496 e. The van der Waals surface area contributed by atoms with Gasteiger partial charge in [-0.25, -0.2) is 4.98 Å². The molecule has 3 heterocycles. The molecule has 0 saturated carbocycles. The van der Waals surface area contributed by atoms with E-state index in [0.717, 1.165) is 10.7 Å². The molecule has 1 spiro atoms. The number of carbonyl (C=O) groups excluding carboxylic acids is 3. The number of thiazole rings is 1. The first-order chi connectivity index (χ1) is 20.7. The number of ether oxygens (including phenoxy) is 3. The van der Waals surface area contributed by atoms with Crippen molar-refractivity contribution in [2.45, 2.75) is 38.7 Å². The first-order valence-corrected chi connectivity index (χ1v) is 15.1. The third kappa shape index (κ3) is 4.69. The second-order valence-corrected chi connectivity index (χ2v) is 12.0. The molecule has 0 bridgehead atoms. The van der Waals surface area contributed by atoms with Gasteiger partial charge in [-0.1, -0.05) is 48.9 Å². The number of nitrogens with zero attached hydrogens (tertiary/aromatic N) is 1. The van der Waals surface area contributed by atoms with E-state index < -0.39 is 23.1 Å². The number of aryl methyl sites for hydroxylation is 1. The number of nitrogens with one attached hydrogen (secondary N) is 1. The average molecular weight is 621 g/mol. The number of carbonyl (C=O) groups is 3. The van der Waals surface area contributed by atoms with Crippen LogP contribution in [0.5, 0.6) is 17.2 Å². The van der Waals surface area contributed by atoms with Gasteiger partial charge < -0.3 is 23.9 Å².